The number of amides is 2. The molecule has 0 radical (unpaired) electrons. The molecule has 1 saturated heterocycles. The van der Waals surface area contributed by atoms with Crippen LogP contribution >= 0.6 is 11.6 Å². The molecule has 6 nitrogen and oxygen atoms in total. The summed E-state index contributed by atoms with van der Waals surface area (Å²) >= 11 is 5.83. The average molecular weight is 337 g/mol. The topological polar surface area (TPSA) is 81.2 Å². The number of hydrogen-bond donors (Lipinski definition) is 1. The minimum atomic E-state index is -1.25. The van der Waals surface area contributed by atoms with Gasteiger partial charge in [-0.1, -0.05) is 11.6 Å². The van der Waals surface area contributed by atoms with Crippen LogP contribution < -0.4 is 5.73 Å². The number of primary amides is 1. The van der Waals surface area contributed by atoms with Gasteiger partial charge in [-0.3, -0.25) is 9.59 Å². The van der Waals surface area contributed by atoms with E-state index in [0.717, 1.165) is 10.6 Å². The normalized spacial score (nSPS) is 20.7. The van der Waals surface area contributed by atoms with Gasteiger partial charge in [-0.2, -0.15) is 5.10 Å². The molecule has 1 aliphatic rings. The monoisotopic (exact) mass is 336 g/mol. The highest BCUT2D eigenvalue weighted by Crippen LogP contribution is 2.23. The van der Waals surface area contributed by atoms with Crippen LogP contribution in [0.15, 0.2) is 36.7 Å². The summed E-state index contributed by atoms with van der Waals surface area (Å²) in [6.45, 7) is -0.140. The first-order chi connectivity index (χ1) is 11.0. The SMILES string of the molecule is NC(=O)[C@@H]1C[C@@H](F)CN1C(=O)c1cnn(-c2ccc(Cl)cc2)c1. The minimum Gasteiger partial charge on any atom is -0.368 e. The van der Waals surface area contributed by atoms with E-state index < -0.39 is 24.0 Å². The molecule has 1 fully saturated rings. The molecule has 1 aromatic carbocycles. The Morgan fingerprint density at radius 2 is 2.00 bits per heavy atom. The molecule has 23 heavy (non-hydrogen) atoms. The number of carbonyl (C=O) groups excluding carboxylic acids is 2. The zero-order valence-electron chi connectivity index (χ0n) is 12.0. The smallest absolute Gasteiger partial charge is 0.257 e. The Morgan fingerprint density at radius 3 is 2.65 bits per heavy atom. The van der Waals surface area contributed by atoms with E-state index >= 15 is 0 Å². The van der Waals surface area contributed by atoms with Crippen molar-refractivity contribution in [2.45, 2.75) is 18.6 Å². The Morgan fingerprint density at radius 1 is 1.30 bits per heavy atom. The highest BCUT2D eigenvalue weighted by atomic mass is 35.5. The van der Waals surface area contributed by atoms with E-state index in [2.05, 4.69) is 5.10 Å². The van der Waals surface area contributed by atoms with E-state index in [4.69, 9.17) is 17.3 Å². The van der Waals surface area contributed by atoms with Crippen molar-refractivity contribution in [3.8, 4) is 5.69 Å². The van der Waals surface area contributed by atoms with E-state index in [1.807, 2.05) is 0 Å². The predicted molar refractivity (Wildman–Crippen MR) is 82.1 cm³/mol. The first-order valence-electron chi connectivity index (χ1n) is 7.00. The number of likely N-dealkylation sites (tertiary alicyclic amines) is 1. The van der Waals surface area contributed by atoms with Crippen LogP contribution in [0.4, 0.5) is 4.39 Å². The maximum Gasteiger partial charge on any atom is 0.257 e. The van der Waals surface area contributed by atoms with Crippen molar-refractivity contribution in [1.29, 1.82) is 0 Å². The summed E-state index contributed by atoms with van der Waals surface area (Å²) < 4.78 is 15.0. The van der Waals surface area contributed by atoms with Crippen LogP contribution in [0, 0.1) is 0 Å². The van der Waals surface area contributed by atoms with Gasteiger partial charge in [-0.15, -0.1) is 0 Å². The maximum atomic E-state index is 13.5. The minimum absolute atomic E-state index is 0.0631. The van der Waals surface area contributed by atoms with Crippen molar-refractivity contribution in [3.05, 3.63) is 47.2 Å². The van der Waals surface area contributed by atoms with Crippen molar-refractivity contribution in [1.82, 2.24) is 14.7 Å². The highest BCUT2D eigenvalue weighted by Gasteiger charge is 2.39. The quantitative estimate of drug-likeness (QED) is 0.923. The number of benzene rings is 1. The number of alkyl halides is 1. The van der Waals surface area contributed by atoms with Gasteiger partial charge < -0.3 is 10.6 Å². The molecule has 1 aliphatic heterocycles. The highest BCUT2D eigenvalue weighted by molar-refractivity contribution is 6.30. The zero-order chi connectivity index (χ0) is 16.6. The third-order valence-corrected chi connectivity index (χ3v) is 4.01. The molecule has 1 aromatic heterocycles. The number of hydrogen-bond acceptors (Lipinski definition) is 3. The second-order valence-corrected chi connectivity index (χ2v) is 5.80. The van der Waals surface area contributed by atoms with Gasteiger partial charge in [-0.05, 0) is 24.3 Å². The van der Waals surface area contributed by atoms with Gasteiger partial charge >= 0.3 is 0 Å². The van der Waals surface area contributed by atoms with E-state index in [0.29, 0.717) is 5.02 Å². The van der Waals surface area contributed by atoms with Crippen LogP contribution in [0.25, 0.3) is 5.69 Å². The van der Waals surface area contributed by atoms with Gasteiger partial charge in [-0.25, -0.2) is 9.07 Å². The van der Waals surface area contributed by atoms with Crippen LogP contribution in [0.3, 0.4) is 0 Å². The molecule has 0 spiro atoms. The molecule has 2 aromatic rings. The predicted octanol–water partition coefficient (Wildman–Crippen LogP) is 1.56. The fourth-order valence-corrected chi connectivity index (χ4v) is 2.74. The van der Waals surface area contributed by atoms with Gasteiger partial charge in [0.1, 0.15) is 12.2 Å². The summed E-state index contributed by atoms with van der Waals surface area (Å²) in [6, 6.07) is 6.00. The van der Waals surface area contributed by atoms with Crippen LogP contribution in [-0.4, -0.2) is 45.3 Å². The lowest BCUT2D eigenvalue weighted by Crippen LogP contribution is -2.43. The molecular weight excluding hydrogens is 323 g/mol. The third-order valence-electron chi connectivity index (χ3n) is 3.76. The number of aromatic nitrogens is 2. The number of nitrogens with two attached hydrogens (primary N) is 1. The van der Waals surface area contributed by atoms with E-state index in [1.165, 1.54) is 17.1 Å². The molecule has 0 unspecified atom stereocenters. The molecule has 120 valence electrons. The summed E-state index contributed by atoms with van der Waals surface area (Å²) in [5.74, 6) is -1.17. The van der Waals surface area contributed by atoms with Gasteiger partial charge in [0.05, 0.1) is 24.0 Å². The Balaban J connectivity index is 1.83. The summed E-state index contributed by atoms with van der Waals surface area (Å²) in [4.78, 5) is 25.0. The summed E-state index contributed by atoms with van der Waals surface area (Å²) in [5.41, 5.74) is 6.23. The Labute approximate surface area is 136 Å². The van der Waals surface area contributed by atoms with Gasteiger partial charge in [0.2, 0.25) is 5.91 Å². The second-order valence-electron chi connectivity index (χ2n) is 5.36. The number of nitrogens with zero attached hydrogens (tertiary/aromatic N) is 3. The fraction of sp³-hybridized carbons (Fsp3) is 0.267. The van der Waals surface area contributed by atoms with E-state index in [9.17, 15) is 14.0 Å². The Bertz CT molecular complexity index is 746. The van der Waals surface area contributed by atoms with Gasteiger partial charge in [0.25, 0.3) is 5.91 Å². The molecule has 2 heterocycles. The zero-order valence-corrected chi connectivity index (χ0v) is 12.8. The molecule has 8 heteroatoms. The van der Waals surface area contributed by atoms with E-state index in [-0.39, 0.29) is 18.5 Å². The van der Waals surface area contributed by atoms with Crippen LogP contribution in [-0.2, 0) is 4.79 Å². The molecular formula is C15H14ClFN4O2. The molecule has 0 aliphatic carbocycles. The number of carbonyl (C=O) groups is 2. The molecule has 2 N–H and O–H groups in total. The average Bonchev–Trinajstić information content (AvgIpc) is 3.14. The van der Waals surface area contributed by atoms with Crippen molar-refractivity contribution in [2.75, 3.05) is 6.54 Å². The number of halogens is 2. The molecule has 2 amide bonds. The molecule has 0 saturated carbocycles. The van der Waals surface area contributed by atoms with Crippen molar-refractivity contribution < 1.29 is 14.0 Å². The fourth-order valence-electron chi connectivity index (χ4n) is 2.61. The van der Waals surface area contributed by atoms with Crippen LogP contribution in [0.2, 0.25) is 5.02 Å². The van der Waals surface area contributed by atoms with Crippen molar-refractivity contribution in [3.63, 3.8) is 0 Å². The summed E-state index contributed by atoms with van der Waals surface area (Å²) in [5, 5.41) is 4.70. The third kappa shape index (κ3) is 3.05. The lowest BCUT2D eigenvalue weighted by molar-refractivity contribution is -0.121. The van der Waals surface area contributed by atoms with Crippen LogP contribution in [0.5, 0.6) is 0 Å². The summed E-state index contributed by atoms with van der Waals surface area (Å²) in [6.07, 6.45) is 1.59. The van der Waals surface area contributed by atoms with Crippen molar-refractivity contribution in [2.24, 2.45) is 5.73 Å². The van der Waals surface area contributed by atoms with Gasteiger partial charge in [0, 0.05) is 17.6 Å². The lowest BCUT2D eigenvalue weighted by atomic mass is 10.2. The van der Waals surface area contributed by atoms with E-state index in [1.54, 1.807) is 24.3 Å². The maximum absolute atomic E-state index is 13.5. The first-order valence-corrected chi connectivity index (χ1v) is 7.38. The van der Waals surface area contributed by atoms with Crippen molar-refractivity contribution >= 4 is 23.4 Å². The second kappa shape index (κ2) is 6.00. The van der Waals surface area contributed by atoms with Crippen LogP contribution in [0.1, 0.15) is 16.8 Å². The molecule has 3 rings (SSSR count). The molecule has 2 atom stereocenters. The Hall–Kier alpha value is -2.41. The number of rotatable bonds is 3. The van der Waals surface area contributed by atoms with Gasteiger partial charge in [0.15, 0.2) is 0 Å². The Kier molecular flexibility index (Phi) is 4.04. The standard InChI is InChI=1S/C15H14ClFN4O2/c16-10-1-3-12(4-2-10)21-7-9(6-19-21)15(23)20-8-11(17)5-13(20)14(18)22/h1-4,6-7,11,13H,5,8H2,(H2,18,22)/t11-,13+/m1/s1. The molecule has 0 bridgehead atoms. The largest absolute Gasteiger partial charge is 0.368 e. The first kappa shape index (κ1) is 15.5. The summed E-state index contributed by atoms with van der Waals surface area (Å²) in [7, 11) is 0. The lowest BCUT2D eigenvalue weighted by Gasteiger charge is -2.20.